The summed E-state index contributed by atoms with van der Waals surface area (Å²) in [6, 6.07) is 13.2. The maximum atomic E-state index is 12.7. The summed E-state index contributed by atoms with van der Waals surface area (Å²) >= 11 is 1.20. The van der Waals surface area contributed by atoms with Crippen LogP contribution in [0.25, 0.3) is 0 Å². The van der Waals surface area contributed by atoms with Gasteiger partial charge >= 0.3 is 0 Å². The smallest absolute Gasteiger partial charge is 0.264 e. The van der Waals surface area contributed by atoms with Crippen LogP contribution in [0.1, 0.15) is 49.3 Å². The molecular formula is C24H26N6O3S2. The third-order valence-corrected chi connectivity index (χ3v) is 7.34. The molecule has 2 N–H and O–H groups in total. The van der Waals surface area contributed by atoms with Crippen molar-refractivity contribution in [3.8, 4) is 6.07 Å². The highest BCUT2D eigenvalue weighted by molar-refractivity contribution is 8.00. The molecule has 35 heavy (non-hydrogen) atoms. The Balaban J connectivity index is 1.69. The number of anilines is 2. The Labute approximate surface area is 209 Å². The van der Waals surface area contributed by atoms with Gasteiger partial charge < -0.3 is 5.32 Å². The van der Waals surface area contributed by atoms with E-state index in [1.165, 1.54) is 36.0 Å². The van der Waals surface area contributed by atoms with Crippen LogP contribution in [-0.2, 0) is 14.8 Å². The average Bonchev–Trinajstić information content (AvgIpc) is 2.78. The first kappa shape index (κ1) is 26.1. The molecule has 3 aromatic rings. The fourth-order valence-electron chi connectivity index (χ4n) is 3.08. The van der Waals surface area contributed by atoms with Crippen LogP contribution in [0.2, 0.25) is 0 Å². The van der Waals surface area contributed by atoms with Crippen molar-refractivity contribution in [1.82, 2.24) is 15.0 Å². The van der Waals surface area contributed by atoms with E-state index in [0.29, 0.717) is 27.7 Å². The van der Waals surface area contributed by atoms with Gasteiger partial charge in [0.05, 0.1) is 15.7 Å². The minimum Gasteiger partial charge on any atom is -0.325 e. The molecular weight excluding hydrogens is 484 g/mol. The van der Waals surface area contributed by atoms with E-state index in [4.69, 9.17) is 0 Å². The standard InChI is InChI=1S/C24H26N6O3S2/c1-14(2)21-11-6-18(13-25)23(29-21)34-17(5)22(31)28-19-7-9-20(10-8-19)35(32,33)30-24-26-15(3)12-16(4)27-24/h6-12,14,17H,1-5H3,(H,28,31)(H,26,27,30). The summed E-state index contributed by atoms with van der Waals surface area (Å²) in [4.78, 5) is 25.5. The van der Waals surface area contributed by atoms with Gasteiger partial charge in [0, 0.05) is 22.8 Å². The van der Waals surface area contributed by atoms with Gasteiger partial charge in [0.15, 0.2) is 0 Å². The monoisotopic (exact) mass is 510 g/mol. The van der Waals surface area contributed by atoms with E-state index < -0.39 is 15.3 Å². The van der Waals surface area contributed by atoms with E-state index in [1.54, 1.807) is 32.9 Å². The number of thioether (sulfide) groups is 1. The van der Waals surface area contributed by atoms with Gasteiger partial charge in [0.1, 0.15) is 11.1 Å². The van der Waals surface area contributed by atoms with Crippen molar-refractivity contribution in [3.05, 3.63) is 65.1 Å². The van der Waals surface area contributed by atoms with Crippen molar-refractivity contribution in [1.29, 1.82) is 5.26 Å². The second kappa shape index (κ2) is 10.8. The Morgan fingerprint density at radius 2 is 1.63 bits per heavy atom. The molecule has 11 heteroatoms. The maximum absolute atomic E-state index is 12.7. The highest BCUT2D eigenvalue weighted by Gasteiger charge is 2.20. The lowest BCUT2D eigenvalue weighted by molar-refractivity contribution is -0.115. The number of aryl methyl sites for hydroxylation is 2. The van der Waals surface area contributed by atoms with E-state index in [1.807, 2.05) is 19.9 Å². The largest absolute Gasteiger partial charge is 0.325 e. The number of carbonyl (C=O) groups excluding carboxylic acids is 1. The molecule has 0 saturated heterocycles. The number of aromatic nitrogens is 3. The van der Waals surface area contributed by atoms with E-state index in [0.717, 1.165) is 5.69 Å². The summed E-state index contributed by atoms with van der Waals surface area (Å²) in [6.45, 7) is 9.24. The zero-order valence-electron chi connectivity index (χ0n) is 20.0. The Kier molecular flexibility index (Phi) is 8.09. The SMILES string of the molecule is Cc1cc(C)nc(NS(=O)(=O)c2ccc(NC(=O)C(C)Sc3nc(C(C)C)ccc3C#N)cc2)n1. The van der Waals surface area contributed by atoms with Crippen molar-refractivity contribution >= 4 is 39.3 Å². The highest BCUT2D eigenvalue weighted by atomic mass is 32.2. The molecule has 1 aromatic carbocycles. The topological polar surface area (TPSA) is 138 Å². The molecule has 3 rings (SSSR count). The van der Waals surface area contributed by atoms with E-state index in [-0.39, 0.29) is 22.7 Å². The summed E-state index contributed by atoms with van der Waals surface area (Å²) in [5.74, 6) is -0.109. The van der Waals surface area contributed by atoms with Crippen molar-refractivity contribution in [2.75, 3.05) is 10.0 Å². The van der Waals surface area contributed by atoms with Crippen molar-refractivity contribution in [3.63, 3.8) is 0 Å². The molecule has 0 fully saturated rings. The molecule has 0 spiro atoms. The highest BCUT2D eigenvalue weighted by Crippen LogP contribution is 2.28. The molecule has 0 aliphatic rings. The number of amides is 1. The molecule has 0 saturated carbocycles. The number of pyridine rings is 1. The third-order valence-electron chi connectivity index (χ3n) is 4.89. The summed E-state index contributed by atoms with van der Waals surface area (Å²) < 4.78 is 27.8. The minimum absolute atomic E-state index is 0.00221. The van der Waals surface area contributed by atoms with E-state index >= 15 is 0 Å². The van der Waals surface area contributed by atoms with Gasteiger partial charge in [-0.05, 0) is 69.2 Å². The number of nitriles is 1. The van der Waals surface area contributed by atoms with Gasteiger partial charge in [-0.1, -0.05) is 25.6 Å². The number of rotatable bonds is 8. The lowest BCUT2D eigenvalue weighted by Gasteiger charge is -2.14. The summed E-state index contributed by atoms with van der Waals surface area (Å²) in [6.07, 6.45) is 0. The molecule has 0 radical (unpaired) electrons. The van der Waals surface area contributed by atoms with Crippen LogP contribution >= 0.6 is 11.8 Å². The summed E-state index contributed by atoms with van der Waals surface area (Å²) in [7, 11) is -3.90. The van der Waals surface area contributed by atoms with Crippen LogP contribution in [0.15, 0.2) is 52.4 Å². The fraction of sp³-hybridized carbons (Fsp3) is 0.292. The Morgan fingerprint density at radius 1 is 1.00 bits per heavy atom. The van der Waals surface area contributed by atoms with Crippen molar-refractivity contribution < 1.29 is 13.2 Å². The van der Waals surface area contributed by atoms with Crippen LogP contribution in [-0.4, -0.2) is 34.5 Å². The minimum atomic E-state index is -3.90. The van der Waals surface area contributed by atoms with Gasteiger partial charge in [-0.15, -0.1) is 0 Å². The number of carbonyl (C=O) groups is 1. The second-order valence-corrected chi connectivity index (χ2v) is 11.2. The predicted molar refractivity (Wildman–Crippen MR) is 136 cm³/mol. The van der Waals surface area contributed by atoms with Gasteiger partial charge in [0.2, 0.25) is 11.9 Å². The second-order valence-electron chi connectivity index (χ2n) is 8.21. The van der Waals surface area contributed by atoms with Gasteiger partial charge in [0.25, 0.3) is 10.0 Å². The number of sulfonamides is 1. The average molecular weight is 511 g/mol. The summed E-state index contributed by atoms with van der Waals surface area (Å²) in [5, 5.41) is 12.1. The number of hydrogen-bond acceptors (Lipinski definition) is 8. The molecule has 1 atom stereocenters. The summed E-state index contributed by atoms with van der Waals surface area (Å²) in [5.41, 5.74) is 2.99. The molecule has 9 nitrogen and oxygen atoms in total. The van der Waals surface area contributed by atoms with E-state index in [9.17, 15) is 18.5 Å². The van der Waals surface area contributed by atoms with Crippen LogP contribution in [0.5, 0.6) is 0 Å². The molecule has 0 aliphatic heterocycles. The van der Waals surface area contributed by atoms with Crippen molar-refractivity contribution in [2.45, 2.75) is 55.7 Å². The van der Waals surface area contributed by atoms with Gasteiger partial charge in [-0.2, -0.15) is 5.26 Å². The zero-order chi connectivity index (χ0) is 25.8. The first-order chi connectivity index (χ1) is 16.5. The van der Waals surface area contributed by atoms with Crippen LogP contribution in [0.4, 0.5) is 11.6 Å². The van der Waals surface area contributed by atoms with Gasteiger partial charge in [-0.3, -0.25) is 4.79 Å². The molecule has 182 valence electrons. The number of benzene rings is 1. The first-order valence-corrected chi connectivity index (χ1v) is 13.2. The first-order valence-electron chi connectivity index (χ1n) is 10.8. The zero-order valence-corrected chi connectivity index (χ0v) is 21.7. The molecule has 0 aliphatic carbocycles. The lowest BCUT2D eigenvalue weighted by Crippen LogP contribution is -2.23. The molecule has 2 aromatic heterocycles. The lowest BCUT2D eigenvalue weighted by atomic mass is 10.1. The quantitative estimate of drug-likeness (QED) is 0.425. The Morgan fingerprint density at radius 3 is 2.20 bits per heavy atom. The predicted octanol–water partition coefficient (Wildman–Crippen LogP) is 4.40. The van der Waals surface area contributed by atoms with Crippen LogP contribution in [0, 0.1) is 25.2 Å². The van der Waals surface area contributed by atoms with Crippen molar-refractivity contribution in [2.24, 2.45) is 0 Å². The Bertz CT molecular complexity index is 1360. The third kappa shape index (κ3) is 6.77. The number of nitrogens with zero attached hydrogens (tertiary/aromatic N) is 4. The maximum Gasteiger partial charge on any atom is 0.264 e. The molecule has 0 bridgehead atoms. The Hall–Kier alpha value is -3.49. The van der Waals surface area contributed by atoms with Gasteiger partial charge in [-0.25, -0.2) is 28.1 Å². The number of nitrogens with one attached hydrogen (secondary N) is 2. The molecule has 1 unspecified atom stereocenters. The number of hydrogen-bond donors (Lipinski definition) is 2. The normalized spacial score (nSPS) is 12.1. The molecule has 1 amide bonds. The molecule has 2 heterocycles. The van der Waals surface area contributed by atoms with Crippen LogP contribution in [0.3, 0.4) is 0 Å². The van der Waals surface area contributed by atoms with E-state index in [2.05, 4.69) is 31.1 Å². The fourth-order valence-corrected chi connectivity index (χ4v) is 4.93. The van der Waals surface area contributed by atoms with Crippen LogP contribution < -0.4 is 10.0 Å².